The Morgan fingerprint density at radius 2 is 1.60 bits per heavy atom. The summed E-state index contributed by atoms with van der Waals surface area (Å²) < 4.78 is 67.7. The van der Waals surface area contributed by atoms with E-state index in [0.29, 0.717) is 30.7 Å². The largest absolute Gasteiger partial charge is 0.335 e. The number of nitrogens with one attached hydrogen (secondary N) is 3. The van der Waals surface area contributed by atoms with Crippen molar-refractivity contribution in [3.63, 3.8) is 0 Å². The van der Waals surface area contributed by atoms with Crippen molar-refractivity contribution in [3.8, 4) is 0 Å². The molecule has 2 fully saturated rings. The summed E-state index contributed by atoms with van der Waals surface area (Å²) >= 11 is 6.26. The number of anilines is 2. The van der Waals surface area contributed by atoms with Gasteiger partial charge in [0.05, 0.1) is 27.1 Å². The lowest BCUT2D eigenvalue weighted by Crippen LogP contribution is -2.48. The second-order valence-electron chi connectivity index (χ2n) is 9.96. The molecular formula is C27H24ClF3N4O4S. The minimum atomic E-state index is -3.99. The summed E-state index contributed by atoms with van der Waals surface area (Å²) in [6.45, 7) is 0. The van der Waals surface area contributed by atoms with Crippen LogP contribution in [-0.2, 0) is 9.84 Å². The second-order valence-corrected chi connectivity index (χ2v) is 12.6. The van der Waals surface area contributed by atoms with Gasteiger partial charge >= 0.3 is 6.03 Å². The molecule has 0 radical (unpaired) electrons. The third-order valence-corrected chi connectivity index (χ3v) is 10.1. The highest BCUT2D eigenvalue weighted by Gasteiger charge is 2.47. The van der Waals surface area contributed by atoms with Gasteiger partial charge in [-0.05, 0) is 67.9 Å². The van der Waals surface area contributed by atoms with E-state index >= 15 is 0 Å². The van der Waals surface area contributed by atoms with Crippen LogP contribution >= 0.6 is 11.6 Å². The fourth-order valence-corrected chi connectivity index (χ4v) is 8.02. The predicted octanol–water partition coefficient (Wildman–Crippen LogP) is 5.56. The van der Waals surface area contributed by atoms with Crippen LogP contribution in [-0.4, -0.2) is 36.6 Å². The van der Waals surface area contributed by atoms with Gasteiger partial charge in [0.2, 0.25) is 0 Å². The summed E-state index contributed by atoms with van der Waals surface area (Å²) in [7, 11) is -3.99. The van der Waals surface area contributed by atoms with Gasteiger partial charge < -0.3 is 16.0 Å². The molecule has 1 heterocycles. The van der Waals surface area contributed by atoms with Crippen molar-refractivity contribution in [1.82, 2.24) is 10.3 Å². The molecule has 3 unspecified atom stereocenters. The van der Waals surface area contributed by atoms with Crippen LogP contribution in [0.5, 0.6) is 0 Å². The molecule has 3 N–H and O–H groups in total. The Bertz CT molecular complexity index is 1540. The molecule has 5 rings (SSSR count). The summed E-state index contributed by atoms with van der Waals surface area (Å²) in [6.07, 6.45) is 5.24. The van der Waals surface area contributed by atoms with Gasteiger partial charge in [-0.15, -0.1) is 0 Å². The lowest BCUT2D eigenvalue weighted by atomic mass is 9.84. The van der Waals surface area contributed by atoms with Crippen molar-refractivity contribution >= 4 is 44.8 Å². The molecule has 8 nitrogen and oxygen atoms in total. The number of benzene rings is 2. The van der Waals surface area contributed by atoms with Gasteiger partial charge in [0.15, 0.2) is 27.3 Å². The number of hydrogen-bond acceptors (Lipinski definition) is 5. The molecule has 3 amide bonds. The number of rotatable bonds is 6. The van der Waals surface area contributed by atoms with Crippen LogP contribution < -0.4 is 16.0 Å². The molecule has 13 heteroatoms. The summed E-state index contributed by atoms with van der Waals surface area (Å²) in [4.78, 5) is 29.0. The van der Waals surface area contributed by atoms with Gasteiger partial charge in [-0.25, -0.2) is 26.4 Å². The Labute approximate surface area is 233 Å². The fourth-order valence-electron chi connectivity index (χ4n) is 5.59. The number of hydrogen-bond donors (Lipinski definition) is 3. The summed E-state index contributed by atoms with van der Waals surface area (Å²) in [5.74, 6) is -5.62. The highest BCUT2D eigenvalue weighted by atomic mass is 35.5. The molecular weight excluding hydrogens is 569 g/mol. The highest BCUT2D eigenvalue weighted by molar-refractivity contribution is 7.92. The maximum absolute atomic E-state index is 13.7. The van der Waals surface area contributed by atoms with Crippen molar-refractivity contribution in [2.24, 2.45) is 11.8 Å². The summed E-state index contributed by atoms with van der Waals surface area (Å²) in [5.41, 5.74) is 0.0890. The smallest absolute Gasteiger partial charge is 0.319 e. The first-order valence-corrected chi connectivity index (χ1v) is 14.4. The number of aromatic nitrogens is 1. The lowest BCUT2D eigenvalue weighted by molar-refractivity contribution is 0.102. The quantitative estimate of drug-likeness (QED) is 0.324. The van der Waals surface area contributed by atoms with E-state index in [1.54, 1.807) is 18.3 Å². The van der Waals surface area contributed by atoms with Crippen molar-refractivity contribution < 1.29 is 31.2 Å². The first-order chi connectivity index (χ1) is 19.0. The number of fused-ring (bicyclic) bond motifs is 2. The highest BCUT2D eigenvalue weighted by Crippen LogP contribution is 2.46. The Kier molecular flexibility index (Phi) is 7.74. The SMILES string of the molecule is O=C(Nc1cccnc1)NC1C2CC[C@H]1CC(S(=O)(=O)c1cc(C(=O)Nc3cc(F)c(F)c(F)c3)ccc1Cl)C2. The normalized spacial score (nSPS) is 22.0. The second kappa shape index (κ2) is 11.1. The van der Waals surface area contributed by atoms with Crippen molar-refractivity contribution in [2.45, 2.75) is 41.9 Å². The van der Waals surface area contributed by atoms with Gasteiger partial charge in [-0.2, -0.15) is 0 Å². The zero-order chi connectivity index (χ0) is 28.6. The number of urea groups is 1. The summed E-state index contributed by atoms with van der Waals surface area (Å²) in [6, 6.07) is 7.72. The average molecular weight is 593 g/mol. The molecule has 3 aromatic rings. The Morgan fingerprint density at radius 3 is 2.23 bits per heavy atom. The Balaban J connectivity index is 1.30. The van der Waals surface area contributed by atoms with Crippen molar-refractivity contribution in [3.05, 3.63) is 82.9 Å². The van der Waals surface area contributed by atoms with Gasteiger partial charge in [0, 0.05) is 35.6 Å². The number of carbonyl (C=O) groups is 2. The zero-order valence-corrected chi connectivity index (χ0v) is 22.4. The van der Waals surface area contributed by atoms with E-state index in [1.807, 2.05) is 0 Å². The Morgan fingerprint density at radius 1 is 0.925 bits per heavy atom. The first kappa shape index (κ1) is 27.9. The van der Waals surface area contributed by atoms with Crippen LogP contribution in [0.1, 0.15) is 36.0 Å². The standard InChI is InChI=1S/C27H24ClF3N4O4S/c28-20-6-5-16(26(36)33-18-11-21(29)24(31)22(30)12-18)10-23(20)40(38,39)19-8-14-3-4-15(9-19)25(14)35-27(37)34-17-2-1-7-32-13-17/h1-2,5-7,10-15,19,25H,3-4,8-9H2,(H,33,36)(H2,34,35,37)/t14-,15?,19?,25?/m0/s1. The van der Waals surface area contributed by atoms with E-state index in [0.717, 1.165) is 18.9 Å². The number of carbonyl (C=O) groups excluding carboxylic acids is 2. The lowest BCUT2D eigenvalue weighted by Gasteiger charge is -2.35. The molecule has 2 aliphatic carbocycles. The van der Waals surface area contributed by atoms with Gasteiger partial charge in [-0.1, -0.05) is 11.6 Å². The molecule has 2 saturated carbocycles. The molecule has 0 spiro atoms. The molecule has 4 atom stereocenters. The van der Waals surface area contributed by atoms with Crippen LogP contribution in [0.4, 0.5) is 29.3 Å². The van der Waals surface area contributed by atoms with Crippen LogP contribution in [0.2, 0.25) is 5.02 Å². The Hall–Kier alpha value is -3.64. The molecule has 2 bridgehead atoms. The molecule has 40 heavy (non-hydrogen) atoms. The van der Waals surface area contributed by atoms with E-state index in [-0.39, 0.29) is 45.1 Å². The van der Waals surface area contributed by atoms with E-state index < -0.39 is 38.4 Å². The number of nitrogens with zero attached hydrogens (tertiary/aromatic N) is 1. The third-order valence-electron chi connectivity index (χ3n) is 7.45. The van der Waals surface area contributed by atoms with Gasteiger partial charge in [0.1, 0.15) is 0 Å². The number of sulfone groups is 1. The molecule has 210 valence electrons. The average Bonchev–Trinajstić information content (AvgIpc) is 3.13. The molecule has 2 aliphatic rings. The number of amides is 3. The monoisotopic (exact) mass is 592 g/mol. The summed E-state index contributed by atoms with van der Waals surface area (Å²) in [5, 5.41) is 7.10. The van der Waals surface area contributed by atoms with Crippen molar-refractivity contribution in [2.75, 3.05) is 10.6 Å². The zero-order valence-electron chi connectivity index (χ0n) is 20.8. The number of halogens is 4. The van der Waals surface area contributed by atoms with Crippen LogP contribution in [0.15, 0.2) is 59.8 Å². The third kappa shape index (κ3) is 5.64. The molecule has 2 aromatic carbocycles. The first-order valence-electron chi connectivity index (χ1n) is 12.5. The van der Waals surface area contributed by atoms with Gasteiger partial charge in [-0.3, -0.25) is 9.78 Å². The molecule has 1 aromatic heterocycles. The number of pyridine rings is 1. The minimum Gasteiger partial charge on any atom is -0.335 e. The maximum atomic E-state index is 13.7. The van der Waals surface area contributed by atoms with Crippen LogP contribution in [0, 0.1) is 29.3 Å². The van der Waals surface area contributed by atoms with Crippen LogP contribution in [0.3, 0.4) is 0 Å². The molecule has 0 saturated heterocycles. The van der Waals surface area contributed by atoms with Crippen LogP contribution in [0.25, 0.3) is 0 Å². The fraction of sp³-hybridized carbons (Fsp3) is 0.296. The predicted molar refractivity (Wildman–Crippen MR) is 142 cm³/mol. The van der Waals surface area contributed by atoms with Crippen molar-refractivity contribution in [1.29, 1.82) is 0 Å². The van der Waals surface area contributed by atoms with E-state index in [9.17, 15) is 31.2 Å². The minimum absolute atomic E-state index is 0.0632. The topological polar surface area (TPSA) is 117 Å². The maximum Gasteiger partial charge on any atom is 0.319 e. The van der Waals surface area contributed by atoms with E-state index in [2.05, 4.69) is 20.9 Å². The molecule has 0 aliphatic heterocycles. The van der Waals surface area contributed by atoms with E-state index in [4.69, 9.17) is 11.6 Å². The van der Waals surface area contributed by atoms with Gasteiger partial charge in [0.25, 0.3) is 5.91 Å². The van der Waals surface area contributed by atoms with E-state index in [1.165, 1.54) is 18.3 Å².